The Morgan fingerprint density at radius 3 is 2.04 bits per heavy atom. The Morgan fingerprint density at radius 2 is 1.54 bits per heavy atom. The molecular weight excluding hydrogens is 306 g/mol. The molecule has 0 bridgehead atoms. The lowest BCUT2D eigenvalue weighted by molar-refractivity contribution is -0.114. The van der Waals surface area contributed by atoms with Crippen LogP contribution in [0.3, 0.4) is 0 Å². The van der Waals surface area contributed by atoms with Crippen LogP contribution in [-0.4, -0.2) is 23.7 Å². The van der Waals surface area contributed by atoms with Gasteiger partial charge in [0.15, 0.2) is 5.96 Å². The summed E-state index contributed by atoms with van der Waals surface area (Å²) in [6.07, 6.45) is 3.47. The van der Waals surface area contributed by atoms with E-state index >= 15 is 0 Å². The third-order valence-corrected chi connectivity index (χ3v) is 2.89. The molecule has 0 saturated heterocycles. The van der Waals surface area contributed by atoms with Gasteiger partial charge in [-0.15, -0.1) is 0 Å². The number of nitrogens with two attached hydrogens (primary N) is 4. The number of guanidine groups is 2. The first-order valence-electron chi connectivity index (χ1n) is 6.98. The molecule has 8 nitrogen and oxygen atoms in total. The van der Waals surface area contributed by atoms with Gasteiger partial charge in [-0.2, -0.15) is 9.98 Å². The van der Waals surface area contributed by atoms with Gasteiger partial charge in [0, 0.05) is 5.57 Å². The highest BCUT2D eigenvalue weighted by molar-refractivity contribution is 6.06. The second-order valence-corrected chi connectivity index (χ2v) is 5.05. The summed E-state index contributed by atoms with van der Waals surface area (Å²) in [5.74, 6) is -0.960. The van der Waals surface area contributed by atoms with Crippen LogP contribution in [0.5, 0.6) is 0 Å². The van der Waals surface area contributed by atoms with Crippen molar-refractivity contribution in [1.29, 1.82) is 5.41 Å². The van der Waals surface area contributed by atoms with Crippen molar-refractivity contribution < 1.29 is 4.79 Å². The molecular formula is C16H21N7O. The van der Waals surface area contributed by atoms with Gasteiger partial charge in [-0.05, 0) is 48.8 Å². The van der Waals surface area contributed by atoms with Crippen LogP contribution < -0.4 is 22.9 Å². The molecule has 0 atom stereocenters. The van der Waals surface area contributed by atoms with Crippen molar-refractivity contribution in [3.05, 3.63) is 46.5 Å². The highest BCUT2D eigenvalue weighted by Gasteiger charge is 2.03. The number of nitrogens with one attached hydrogen (secondary N) is 1. The van der Waals surface area contributed by atoms with E-state index in [1.165, 1.54) is 0 Å². The fraction of sp³-hybridized carbons (Fsp3) is 0.125. The maximum atomic E-state index is 11.7. The Labute approximate surface area is 140 Å². The molecule has 0 heterocycles. The van der Waals surface area contributed by atoms with Crippen molar-refractivity contribution in [1.82, 2.24) is 0 Å². The molecule has 0 fully saturated rings. The van der Waals surface area contributed by atoms with Crippen LogP contribution in [0.25, 0.3) is 12.2 Å². The van der Waals surface area contributed by atoms with Crippen molar-refractivity contribution in [2.75, 3.05) is 0 Å². The molecule has 1 rings (SSSR count). The van der Waals surface area contributed by atoms with Crippen molar-refractivity contribution in [2.24, 2.45) is 32.9 Å². The highest BCUT2D eigenvalue weighted by atomic mass is 16.1. The largest absolute Gasteiger partial charge is 0.383 e. The Kier molecular flexibility index (Phi) is 6.42. The fourth-order valence-electron chi connectivity index (χ4n) is 1.80. The van der Waals surface area contributed by atoms with Crippen LogP contribution in [-0.2, 0) is 4.79 Å². The molecule has 8 heteroatoms. The van der Waals surface area contributed by atoms with Crippen LogP contribution in [0.4, 0.5) is 0 Å². The zero-order valence-electron chi connectivity index (χ0n) is 13.6. The number of rotatable bonds is 4. The van der Waals surface area contributed by atoms with Crippen LogP contribution in [0.2, 0.25) is 0 Å². The molecule has 1 aromatic rings. The number of amidine groups is 1. The lowest BCUT2D eigenvalue weighted by Gasteiger charge is -2.03. The van der Waals surface area contributed by atoms with Gasteiger partial charge in [0.05, 0.1) is 0 Å². The van der Waals surface area contributed by atoms with E-state index in [9.17, 15) is 4.79 Å². The van der Waals surface area contributed by atoms with Crippen LogP contribution >= 0.6 is 0 Å². The fourth-order valence-corrected chi connectivity index (χ4v) is 1.80. The first-order chi connectivity index (χ1) is 11.2. The maximum absolute atomic E-state index is 11.7. The van der Waals surface area contributed by atoms with E-state index < -0.39 is 5.91 Å². The minimum atomic E-state index is -0.495. The van der Waals surface area contributed by atoms with Gasteiger partial charge in [0.2, 0.25) is 5.96 Å². The zero-order chi connectivity index (χ0) is 18.3. The molecule has 126 valence electrons. The third kappa shape index (κ3) is 6.14. The first kappa shape index (κ1) is 18.6. The first-order valence-corrected chi connectivity index (χ1v) is 6.98. The van der Waals surface area contributed by atoms with E-state index in [2.05, 4.69) is 9.98 Å². The summed E-state index contributed by atoms with van der Waals surface area (Å²) in [7, 11) is 0. The molecule has 1 aromatic carbocycles. The second kappa shape index (κ2) is 8.28. The summed E-state index contributed by atoms with van der Waals surface area (Å²) >= 11 is 0. The van der Waals surface area contributed by atoms with Gasteiger partial charge in [-0.25, -0.2) is 0 Å². The van der Waals surface area contributed by atoms with Gasteiger partial charge in [0.25, 0.3) is 5.91 Å². The van der Waals surface area contributed by atoms with E-state index in [1.807, 2.05) is 24.3 Å². The van der Waals surface area contributed by atoms with Crippen LogP contribution in [0.1, 0.15) is 25.0 Å². The summed E-state index contributed by atoms with van der Waals surface area (Å²) in [6, 6.07) is 7.40. The lowest BCUT2D eigenvalue weighted by atomic mass is 10.1. The molecule has 0 spiro atoms. The molecule has 0 aliphatic heterocycles. The standard InChI is InChI=1S/C16H21N7O/c1-9(13(17)22-15(18)19)6-11-4-3-5-12(8-11)7-10(2)14(24)23-16(20)21/h3-8H,1-2H3,(H5,17,18,19,22)(H4,20,21,23,24)/b9-6+,10-7+. The van der Waals surface area contributed by atoms with E-state index in [4.69, 9.17) is 28.3 Å². The molecule has 0 saturated carbocycles. The number of carbonyl (C=O) groups is 1. The summed E-state index contributed by atoms with van der Waals surface area (Å²) in [5, 5.41) is 7.11. The van der Waals surface area contributed by atoms with Crippen molar-refractivity contribution in [3.63, 3.8) is 0 Å². The smallest absolute Gasteiger partial charge is 0.275 e. The Hall–Kier alpha value is -3.42. The molecule has 1 amide bonds. The predicted molar refractivity (Wildman–Crippen MR) is 98.1 cm³/mol. The molecule has 0 aliphatic carbocycles. The molecule has 24 heavy (non-hydrogen) atoms. The number of nitrogens with zero attached hydrogens (tertiary/aromatic N) is 2. The van der Waals surface area contributed by atoms with Gasteiger partial charge in [-0.3, -0.25) is 10.2 Å². The number of benzene rings is 1. The van der Waals surface area contributed by atoms with E-state index in [-0.39, 0.29) is 17.8 Å². The summed E-state index contributed by atoms with van der Waals surface area (Å²) in [4.78, 5) is 18.9. The minimum absolute atomic E-state index is 0.169. The molecule has 0 radical (unpaired) electrons. The van der Waals surface area contributed by atoms with Crippen LogP contribution in [0, 0.1) is 5.41 Å². The lowest BCUT2D eigenvalue weighted by Crippen LogP contribution is -2.24. The van der Waals surface area contributed by atoms with Gasteiger partial charge in [-0.1, -0.05) is 18.2 Å². The third-order valence-electron chi connectivity index (χ3n) is 2.89. The molecule has 0 aromatic heterocycles. The van der Waals surface area contributed by atoms with Crippen molar-refractivity contribution in [3.8, 4) is 0 Å². The predicted octanol–water partition coefficient (Wildman–Crippen LogP) is 0.544. The van der Waals surface area contributed by atoms with Gasteiger partial charge < -0.3 is 22.9 Å². The minimum Gasteiger partial charge on any atom is -0.383 e. The van der Waals surface area contributed by atoms with E-state index in [0.717, 1.165) is 11.1 Å². The average Bonchev–Trinajstić information content (AvgIpc) is 2.46. The quantitative estimate of drug-likeness (QED) is 0.308. The Morgan fingerprint density at radius 1 is 1.00 bits per heavy atom. The van der Waals surface area contributed by atoms with E-state index in [1.54, 1.807) is 26.0 Å². The normalized spacial score (nSPS) is 12.7. The zero-order valence-corrected chi connectivity index (χ0v) is 13.6. The number of carbonyl (C=O) groups excluding carboxylic acids is 1. The van der Waals surface area contributed by atoms with Crippen molar-refractivity contribution in [2.45, 2.75) is 13.8 Å². The summed E-state index contributed by atoms with van der Waals surface area (Å²) < 4.78 is 0. The average molecular weight is 327 g/mol. The second-order valence-electron chi connectivity index (χ2n) is 5.05. The highest BCUT2D eigenvalue weighted by Crippen LogP contribution is 2.13. The molecule has 0 unspecified atom stereocenters. The van der Waals surface area contributed by atoms with E-state index in [0.29, 0.717) is 11.1 Å². The maximum Gasteiger partial charge on any atom is 0.275 e. The molecule has 0 aliphatic rings. The molecule has 9 N–H and O–H groups in total. The Bertz CT molecular complexity index is 768. The number of hydrogen-bond acceptors (Lipinski definition) is 2. The topological polar surface area (TPSA) is 170 Å². The SMILES string of the molecule is C/C(=C\c1cccc(/C=C(C)/C(N)=N/C(=N)N)c1)C(=O)N=C(N)N. The number of aliphatic imine (C=N–C) groups is 2. The number of amides is 1. The summed E-state index contributed by atoms with van der Waals surface area (Å²) in [5.41, 5.74) is 24.0. The Balaban J connectivity index is 3.09. The van der Waals surface area contributed by atoms with Gasteiger partial charge >= 0.3 is 0 Å². The van der Waals surface area contributed by atoms with Crippen molar-refractivity contribution >= 4 is 35.8 Å². The summed E-state index contributed by atoms with van der Waals surface area (Å²) in [6.45, 7) is 3.39. The number of hydrogen-bond donors (Lipinski definition) is 5. The van der Waals surface area contributed by atoms with Crippen LogP contribution in [0.15, 0.2) is 45.4 Å². The van der Waals surface area contributed by atoms with Gasteiger partial charge in [0.1, 0.15) is 5.84 Å². The monoisotopic (exact) mass is 327 g/mol.